The third-order valence-electron chi connectivity index (χ3n) is 2.75. The van der Waals surface area contributed by atoms with E-state index in [4.69, 9.17) is 20.8 Å². The molecule has 1 N–H and O–H groups in total. The molecule has 1 heterocycles. The van der Waals surface area contributed by atoms with E-state index in [9.17, 15) is 0 Å². The zero-order chi connectivity index (χ0) is 13.1. The monoisotopic (exact) mass is 329 g/mol. The number of ether oxygens (including phenoxy) is 1. The van der Waals surface area contributed by atoms with E-state index in [0.717, 1.165) is 16.9 Å². The number of hydrogen-bond acceptors (Lipinski definition) is 3. The van der Waals surface area contributed by atoms with Crippen LogP contribution in [0.3, 0.4) is 0 Å². The average molecular weight is 331 g/mol. The first-order valence-electron chi connectivity index (χ1n) is 5.41. The summed E-state index contributed by atoms with van der Waals surface area (Å²) in [6.07, 6.45) is 1.64. The lowest BCUT2D eigenvalue weighted by molar-refractivity contribution is 0.405. The maximum atomic E-state index is 6.06. The highest BCUT2D eigenvalue weighted by atomic mass is 79.9. The van der Waals surface area contributed by atoms with Crippen molar-refractivity contribution >= 4 is 27.5 Å². The molecule has 3 nitrogen and oxygen atoms in total. The van der Waals surface area contributed by atoms with Crippen molar-refractivity contribution in [3.63, 3.8) is 0 Å². The third kappa shape index (κ3) is 2.55. The average Bonchev–Trinajstić information content (AvgIpc) is 2.77. The van der Waals surface area contributed by atoms with Gasteiger partial charge >= 0.3 is 0 Å². The first kappa shape index (κ1) is 13.5. The first-order valence-corrected chi connectivity index (χ1v) is 6.58. The predicted octanol–water partition coefficient (Wildman–Crippen LogP) is 4.01. The summed E-state index contributed by atoms with van der Waals surface area (Å²) in [5.41, 5.74) is 1.97. The highest BCUT2D eigenvalue weighted by Crippen LogP contribution is 2.35. The summed E-state index contributed by atoms with van der Waals surface area (Å²) in [6.45, 7) is 0. The van der Waals surface area contributed by atoms with Gasteiger partial charge in [-0.2, -0.15) is 0 Å². The molecule has 0 aliphatic carbocycles. The van der Waals surface area contributed by atoms with Crippen molar-refractivity contribution in [3.05, 3.63) is 51.3 Å². The summed E-state index contributed by atoms with van der Waals surface area (Å²) in [4.78, 5) is 0. The largest absolute Gasteiger partial charge is 0.496 e. The fourth-order valence-electron chi connectivity index (χ4n) is 1.92. The van der Waals surface area contributed by atoms with Crippen LogP contribution < -0.4 is 10.1 Å². The van der Waals surface area contributed by atoms with Gasteiger partial charge in [-0.05, 0) is 47.2 Å². The van der Waals surface area contributed by atoms with Crippen LogP contribution in [-0.4, -0.2) is 14.2 Å². The lowest BCUT2D eigenvalue weighted by atomic mass is 10.0. The van der Waals surface area contributed by atoms with Gasteiger partial charge < -0.3 is 14.5 Å². The highest BCUT2D eigenvalue weighted by Gasteiger charge is 2.20. The van der Waals surface area contributed by atoms with Crippen LogP contribution >= 0.6 is 27.5 Å². The molecule has 96 valence electrons. The molecule has 0 fully saturated rings. The molecule has 18 heavy (non-hydrogen) atoms. The van der Waals surface area contributed by atoms with Crippen LogP contribution in [0.15, 0.2) is 39.6 Å². The van der Waals surface area contributed by atoms with Crippen molar-refractivity contribution in [2.24, 2.45) is 0 Å². The van der Waals surface area contributed by atoms with Crippen LogP contribution in [-0.2, 0) is 0 Å². The number of nitrogens with one attached hydrogen (secondary N) is 1. The van der Waals surface area contributed by atoms with Gasteiger partial charge in [-0.3, -0.25) is 0 Å². The molecule has 0 aliphatic rings. The molecule has 0 bridgehead atoms. The Hall–Kier alpha value is -0.970. The van der Waals surface area contributed by atoms with E-state index < -0.39 is 0 Å². The molecule has 1 aromatic carbocycles. The van der Waals surface area contributed by atoms with E-state index in [1.807, 2.05) is 25.2 Å². The summed E-state index contributed by atoms with van der Waals surface area (Å²) in [7, 11) is 3.52. The standard InChI is InChI=1S/C13H13BrClNO2/c1-16-12(9-5-6-18-13(9)14)10-7-8(15)3-4-11(10)17-2/h3-7,12,16H,1-2H3. The molecule has 1 aromatic heterocycles. The molecular formula is C13H13BrClNO2. The fraction of sp³-hybridized carbons (Fsp3) is 0.231. The van der Waals surface area contributed by atoms with Gasteiger partial charge in [-0.1, -0.05) is 11.6 Å². The van der Waals surface area contributed by atoms with Crippen molar-refractivity contribution in [2.75, 3.05) is 14.2 Å². The Kier molecular flexibility index (Phi) is 4.32. The van der Waals surface area contributed by atoms with Crippen LogP contribution in [0.2, 0.25) is 5.02 Å². The zero-order valence-electron chi connectivity index (χ0n) is 10.0. The first-order chi connectivity index (χ1) is 8.67. The maximum Gasteiger partial charge on any atom is 0.174 e. The Morgan fingerprint density at radius 1 is 1.33 bits per heavy atom. The summed E-state index contributed by atoms with van der Waals surface area (Å²) in [5.74, 6) is 0.784. The molecule has 0 spiro atoms. The van der Waals surface area contributed by atoms with E-state index in [0.29, 0.717) is 9.69 Å². The molecule has 0 radical (unpaired) electrons. The molecule has 0 saturated heterocycles. The summed E-state index contributed by atoms with van der Waals surface area (Å²) in [6, 6.07) is 7.41. The van der Waals surface area contributed by atoms with Crippen molar-refractivity contribution in [1.29, 1.82) is 0 Å². The van der Waals surface area contributed by atoms with E-state index in [2.05, 4.69) is 21.2 Å². The molecule has 2 aromatic rings. The zero-order valence-corrected chi connectivity index (χ0v) is 12.4. The lowest BCUT2D eigenvalue weighted by Gasteiger charge is -2.19. The van der Waals surface area contributed by atoms with Gasteiger partial charge in [0.2, 0.25) is 0 Å². The lowest BCUT2D eigenvalue weighted by Crippen LogP contribution is -2.18. The number of benzene rings is 1. The van der Waals surface area contributed by atoms with Gasteiger partial charge in [0.15, 0.2) is 4.67 Å². The molecule has 0 saturated carbocycles. The summed E-state index contributed by atoms with van der Waals surface area (Å²) >= 11 is 9.45. The van der Waals surface area contributed by atoms with Gasteiger partial charge in [0.1, 0.15) is 5.75 Å². The van der Waals surface area contributed by atoms with Gasteiger partial charge in [-0.25, -0.2) is 0 Å². The predicted molar refractivity (Wildman–Crippen MR) is 75.3 cm³/mol. The highest BCUT2D eigenvalue weighted by molar-refractivity contribution is 9.10. The van der Waals surface area contributed by atoms with Crippen LogP contribution in [0.4, 0.5) is 0 Å². The summed E-state index contributed by atoms with van der Waals surface area (Å²) < 4.78 is 11.3. The summed E-state index contributed by atoms with van der Waals surface area (Å²) in [5, 5.41) is 3.91. The van der Waals surface area contributed by atoms with Gasteiger partial charge in [0, 0.05) is 16.1 Å². The normalized spacial score (nSPS) is 12.4. The van der Waals surface area contributed by atoms with Crippen molar-refractivity contribution in [1.82, 2.24) is 5.32 Å². The number of furan rings is 1. The van der Waals surface area contributed by atoms with Crippen LogP contribution in [0.1, 0.15) is 17.2 Å². The second-order valence-electron chi connectivity index (χ2n) is 3.76. The van der Waals surface area contributed by atoms with Crippen molar-refractivity contribution < 1.29 is 9.15 Å². The molecule has 5 heteroatoms. The van der Waals surface area contributed by atoms with Gasteiger partial charge in [0.05, 0.1) is 19.4 Å². The third-order valence-corrected chi connectivity index (χ3v) is 3.63. The quantitative estimate of drug-likeness (QED) is 0.919. The Morgan fingerprint density at radius 2 is 2.11 bits per heavy atom. The molecular weight excluding hydrogens is 318 g/mol. The van der Waals surface area contributed by atoms with Gasteiger partial charge in [0.25, 0.3) is 0 Å². The topological polar surface area (TPSA) is 34.4 Å². The van der Waals surface area contributed by atoms with E-state index >= 15 is 0 Å². The van der Waals surface area contributed by atoms with Crippen LogP contribution in [0.25, 0.3) is 0 Å². The number of methoxy groups -OCH3 is 1. The second kappa shape index (κ2) is 5.78. The Morgan fingerprint density at radius 3 is 2.67 bits per heavy atom. The van der Waals surface area contributed by atoms with Crippen LogP contribution in [0.5, 0.6) is 5.75 Å². The fourth-order valence-corrected chi connectivity index (χ4v) is 2.57. The minimum atomic E-state index is -0.0493. The minimum absolute atomic E-state index is 0.0493. The van der Waals surface area contributed by atoms with E-state index in [1.54, 1.807) is 19.4 Å². The molecule has 0 amide bonds. The SMILES string of the molecule is CNC(c1cc(Cl)ccc1OC)c1ccoc1Br. The minimum Gasteiger partial charge on any atom is -0.496 e. The molecule has 1 atom stereocenters. The second-order valence-corrected chi connectivity index (χ2v) is 4.91. The number of halogens is 2. The molecule has 2 rings (SSSR count). The Labute approximate surface area is 119 Å². The van der Waals surface area contributed by atoms with Crippen LogP contribution in [0, 0.1) is 0 Å². The smallest absolute Gasteiger partial charge is 0.174 e. The molecule has 0 aliphatic heterocycles. The van der Waals surface area contributed by atoms with E-state index in [1.165, 1.54) is 0 Å². The molecule has 1 unspecified atom stereocenters. The number of rotatable bonds is 4. The van der Waals surface area contributed by atoms with Crippen molar-refractivity contribution in [2.45, 2.75) is 6.04 Å². The Bertz CT molecular complexity index is 542. The number of hydrogen-bond donors (Lipinski definition) is 1. The Balaban J connectivity index is 2.51. The van der Waals surface area contributed by atoms with Crippen molar-refractivity contribution in [3.8, 4) is 5.75 Å². The van der Waals surface area contributed by atoms with Gasteiger partial charge in [-0.15, -0.1) is 0 Å². The van der Waals surface area contributed by atoms with E-state index in [-0.39, 0.29) is 6.04 Å². The maximum absolute atomic E-state index is 6.06.